The molecule has 1 aromatic rings. The summed E-state index contributed by atoms with van der Waals surface area (Å²) in [6.45, 7) is 0.868. The smallest absolute Gasteiger partial charge is 0.173 e. The molecule has 0 bridgehead atoms. The molecule has 0 aliphatic heterocycles. The van der Waals surface area contributed by atoms with Gasteiger partial charge in [0.25, 0.3) is 0 Å². The molecule has 1 rings (SSSR count). The molecule has 0 amide bonds. The van der Waals surface area contributed by atoms with Crippen LogP contribution in [0.3, 0.4) is 0 Å². The van der Waals surface area contributed by atoms with Crippen LogP contribution in [0.2, 0.25) is 5.02 Å². The van der Waals surface area contributed by atoms with Gasteiger partial charge in [0.2, 0.25) is 0 Å². The Bertz CT molecular complexity index is 412. The molecule has 3 N–H and O–H groups in total. The van der Waals surface area contributed by atoms with Gasteiger partial charge in [-0.15, -0.1) is 0 Å². The maximum atomic E-state index is 8.78. The van der Waals surface area contributed by atoms with Crippen LogP contribution in [-0.4, -0.2) is 36.6 Å². The van der Waals surface area contributed by atoms with Crippen molar-refractivity contribution < 1.29 is 5.21 Å². The van der Waals surface area contributed by atoms with Crippen molar-refractivity contribution in [2.24, 2.45) is 10.9 Å². The average molecular weight is 274 g/mol. The molecule has 0 aliphatic carbocycles. The third kappa shape index (κ3) is 3.44. The molecule has 94 valence electrons. The lowest BCUT2D eigenvalue weighted by atomic mass is 10.1. The molecule has 4 nitrogen and oxygen atoms in total. The number of amidine groups is 1. The Morgan fingerprint density at radius 3 is 2.88 bits per heavy atom. The fraction of sp³-hybridized carbons (Fsp3) is 0.364. The summed E-state index contributed by atoms with van der Waals surface area (Å²) in [5, 5.41) is 12.3. The molecule has 0 heterocycles. The van der Waals surface area contributed by atoms with E-state index in [1.807, 2.05) is 24.1 Å². The van der Waals surface area contributed by atoms with Gasteiger partial charge in [-0.1, -0.05) is 22.8 Å². The van der Waals surface area contributed by atoms with E-state index in [-0.39, 0.29) is 5.84 Å². The Labute approximate surface area is 110 Å². The van der Waals surface area contributed by atoms with Crippen molar-refractivity contribution in [1.29, 1.82) is 0 Å². The molecule has 6 heteroatoms. The molecule has 0 saturated carbocycles. The van der Waals surface area contributed by atoms with Gasteiger partial charge in [0.1, 0.15) is 0 Å². The van der Waals surface area contributed by atoms with Crippen LogP contribution in [0, 0.1) is 0 Å². The highest BCUT2D eigenvalue weighted by molar-refractivity contribution is 7.98. The summed E-state index contributed by atoms with van der Waals surface area (Å²) in [5.41, 5.74) is 7.08. The van der Waals surface area contributed by atoms with E-state index >= 15 is 0 Å². The highest BCUT2D eigenvalue weighted by atomic mass is 35.5. The molecular weight excluding hydrogens is 258 g/mol. The van der Waals surface area contributed by atoms with Gasteiger partial charge in [-0.3, -0.25) is 0 Å². The van der Waals surface area contributed by atoms with Crippen LogP contribution in [0.5, 0.6) is 0 Å². The first-order chi connectivity index (χ1) is 8.11. The Morgan fingerprint density at radius 1 is 1.59 bits per heavy atom. The largest absolute Gasteiger partial charge is 0.409 e. The Kier molecular flexibility index (Phi) is 5.44. The van der Waals surface area contributed by atoms with Crippen LogP contribution in [0.4, 0.5) is 5.69 Å². The first-order valence-corrected chi connectivity index (χ1v) is 6.85. The minimum absolute atomic E-state index is 0.0293. The van der Waals surface area contributed by atoms with Crippen molar-refractivity contribution in [3.8, 4) is 0 Å². The minimum Gasteiger partial charge on any atom is -0.409 e. The van der Waals surface area contributed by atoms with Gasteiger partial charge < -0.3 is 15.8 Å². The number of anilines is 1. The number of benzene rings is 1. The zero-order chi connectivity index (χ0) is 12.8. The lowest BCUT2D eigenvalue weighted by Crippen LogP contribution is -2.25. The number of hydrogen-bond acceptors (Lipinski definition) is 4. The van der Waals surface area contributed by atoms with E-state index < -0.39 is 0 Å². The predicted molar refractivity (Wildman–Crippen MR) is 75.6 cm³/mol. The van der Waals surface area contributed by atoms with E-state index in [0.717, 1.165) is 18.0 Å². The van der Waals surface area contributed by atoms with Crippen LogP contribution in [-0.2, 0) is 0 Å². The van der Waals surface area contributed by atoms with Crippen molar-refractivity contribution >= 4 is 34.9 Å². The summed E-state index contributed by atoms with van der Waals surface area (Å²) in [6, 6.07) is 5.47. The van der Waals surface area contributed by atoms with E-state index in [2.05, 4.69) is 11.4 Å². The molecule has 0 atom stereocenters. The number of halogens is 1. The summed E-state index contributed by atoms with van der Waals surface area (Å²) < 4.78 is 0. The SMILES string of the molecule is CSCCN(C)c1cccc(Cl)c1/C(N)=N/O. The van der Waals surface area contributed by atoms with Crippen molar-refractivity contribution in [1.82, 2.24) is 0 Å². The molecule has 1 aromatic carbocycles. The first kappa shape index (κ1) is 14.0. The predicted octanol–water partition coefficient (Wildman–Crippen LogP) is 2.23. The normalized spacial score (nSPS) is 11.6. The molecular formula is C11H16ClN3OS. The summed E-state index contributed by atoms with van der Waals surface area (Å²) in [4.78, 5) is 2.04. The molecule has 0 fully saturated rings. The Morgan fingerprint density at radius 2 is 2.29 bits per heavy atom. The average Bonchev–Trinajstić information content (AvgIpc) is 2.34. The fourth-order valence-corrected chi connectivity index (χ4v) is 2.21. The van der Waals surface area contributed by atoms with Gasteiger partial charge in [-0.05, 0) is 18.4 Å². The van der Waals surface area contributed by atoms with Gasteiger partial charge in [0.15, 0.2) is 5.84 Å². The molecule has 0 radical (unpaired) electrons. The number of nitrogens with zero attached hydrogens (tertiary/aromatic N) is 2. The number of rotatable bonds is 5. The van der Waals surface area contributed by atoms with Crippen LogP contribution < -0.4 is 10.6 Å². The van der Waals surface area contributed by atoms with Gasteiger partial charge in [0.05, 0.1) is 10.6 Å². The standard InChI is InChI=1S/C11H16ClN3OS/c1-15(6-7-17-2)9-5-3-4-8(12)10(9)11(13)14-16/h3-5,16H,6-7H2,1-2H3,(H2,13,14). The highest BCUT2D eigenvalue weighted by Crippen LogP contribution is 2.26. The number of thioether (sulfide) groups is 1. The lowest BCUT2D eigenvalue weighted by Gasteiger charge is -2.22. The monoisotopic (exact) mass is 273 g/mol. The van der Waals surface area contributed by atoms with E-state index in [0.29, 0.717) is 10.6 Å². The Hall–Kier alpha value is -1.07. The van der Waals surface area contributed by atoms with Crippen LogP contribution >= 0.6 is 23.4 Å². The maximum Gasteiger partial charge on any atom is 0.173 e. The van der Waals surface area contributed by atoms with Gasteiger partial charge >= 0.3 is 0 Å². The number of nitrogens with two attached hydrogens (primary N) is 1. The van der Waals surface area contributed by atoms with E-state index in [4.69, 9.17) is 22.5 Å². The van der Waals surface area contributed by atoms with Gasteiger partial charge in [-0.25, -0.2) is 0 Å². The van der Waals surface area contributed by atoms with Gasteiger partial charge in [-0.2, -0.15) is 11.8 Å². The summed E-state index contributed by atoms with van der Waals surface area (Å²) in [6.07, 6.45) is 2.05. The molecule has 0 spiro atoms. The third-order valence-corrected chi connectivity index (χ3v) is 3.30. The van der Waals surface area contributed by atoms with Crippen LogP contribution in [0.15, 0.2) is 23.4 Å². The molecule has 0 aliphatic rings. The summed E-state index contributed by atoms with van der Waals surface area (Å²) in [5.74, 6) is 1.03. The number of oxime groups is 1. The maximum absolute atomic E-state index is 8.78. The molecule has 0 aromatic heterocycles. The third-order valence-electron chi connectivity index (χ3n) is 2.40. The van der Waals surface area contributed by atoms with Crippen molar-refractivity contribution in [2.45, 2.75) is 0 Å². The second kappa shape index (κ2) is 6.61. The fourth-order valence-electron chi connectivity index (χ4n) is 1.48. The first-order valence-electron chi connectivity index (χ1n) is 5.08. The highest BCUT2D eigenvalue weighted by Gasteiger charge is 2.14. The minimum atomic E-state index is 0.0293. The van der Waals surface area contributed by atoms with Crippen molar-refractivity contribution in [3.63, 3.8) is 0 Å². The molecule has 0 saturated heterocycles. The summed E-state index contributed by atoms with van der Waals surface area (Å²) in [7, 11) is 1.95. The van der Waals surface area contributed by atoms with E-state index in [1.165, 1.54) is 0 Å². The topological polar surface area (TPSA) is 61.8 Å². The van der Waals surface area contributed by atoms with E-state index in [1.54, 1.807) is 17.8 Å². The Balaban J connectivity index is 3.10. The van der Waals surface area contributed by atoms with Crippen molar-refractivity contribution in [2.75, 3.05) is 30.5 Å². The van der Waals surface area contributed by atoms with Crippen molar-refractivity contribution in [3.05, 3.63) is 28.8 Å². The zero-order valence-corrected chi connectivity index (χ0v) is 11.4. The van der Waals surface area contributed by atoms with E-state index in [9.17, 15) is 0 Å². The zero-order valence-electron chi connectivity index (χ0n) is 9.85. The summed E-state index contributed by atoms with van der Waals surface area (Å²) >= 11 is 7.84. The van der Waals surface area contributed by atoms with Gasteiger partial charge in [0, 0.05) is 25.0 Å². The lowest BCUT2D eigenvalue weighted by molar-refractivity contribution is 0.318. The number of hydrogen-bond donors (Lipinski definition) is 2. The molecule has 17 heavy (non-hydrogen) atoms. The second-order valence-corrected chi connectivity index (χ2v) is 4.93. The van der Waals surface area contributed by atoms with Crippen LogP contribution in [0.25, 0.3) is 0 Å². The van der Waals surface area contributed by atoms with Crippen LogP contribution in [0.1, 0.15) is 5.56 Å². The second-order valence-electron chi connectivity index (χ2n) is 3.53. The molecule has 0 unspecified atom stereocenters. The quantitative estimate of drug-likeness (QED) is 0.374.